The largest absolute Gasteiger partial charge is 0.350 e. The van der Waals surface area contributed by atoms with Gasteiger partial charge in [-0.3, -0.25) is 4.79 Å². The summed E-state index contributed by atoms with van der Waals surface area (Å²) in [6, 6.07) is 4.73. The van der Waals surface area contributed by atoms with Crippen LogP contribution in [0.4, 0.5) is 4.39 Å². The fourth-order valence-electron chi connectivity index (χ4n) is 3.36. The normalized spacial score (nSPS) is 19.2. The van der Waals surface area contributed by atoms with Crippen LogP contribution in [0.2, 0.25) is 0 Å². The summed E-state index contributed by atoms with van der Waals surface area (Å²) >= 11 is 0. The molecule has 0 spiro atoms. The topological polar surface area (TPSA) is 82.3 Å². The number of halogens is 1. The lowest BCUT2D eigenvalue weighted by Gasteiger charge is -2.30. The van der Waals surface area contributed by atoms with Gasteiger partial charge in [0.15, 0.2) is 0 Å². The molecule has 2 aromatic rings. The zero-order chi connectivity index (χ0) is 18.2. The van der Waals surface area contributed by atoms with Gasteiger partial charge in [-0.2, -0.15) is 0 Å². The fraction of sp³-hybridized carbons (Fsp3) is 0.471. The molecule has 0 radical (unpaired) electrons. The lowest BCUT2D eigenvalue weighted by molar-refractivity contribution is 0.0937. The van der Waals surface area contributed by atoms with Crippen molar-refractivity contribution >= 4 is 26.8 Å². The van der Waals surface area contributed by atoms with Crippen LogP contribution in [0.1, 0.15) is 28.9 Å². The van der Waals surface area contributed by atoms with Gasteiger partial charge in [0.05, 0.1) is 11.8 Å². The van der Waals surface area contributed by atoms with Crippen LogP contribution in [0.15, 0.2) is 18.2 Å². The number of carbonyl (C=O) groups excluding carboxylic acids is 1. The first-order valence-corrected chi connectivity index (χ1v) is 10.1. The van der Waals surface area contributed by atoms with Crippen molar-refractivity contribution in [2.75, 3.05) is 25.9 Å². The molecule has 1 aromatic heterocycles. The minimum absolute atomic E-state index is 0.0776. The number of para-hydroxylation sites is 1. The molecule has 2 heterocycles. The lowest BCUT2D eigenvalue weighted by atomic mass is 9.99. The molecule has 0 bridgehead atoms. The number of hydrogen-bond acceptors (Lipinski definition) is 3. The molecule has 0 saturated carbocycles. The average molecular weight is 367 g/mol. The van der Waals surface area contributed by atoms with Gasteiger partial charge in [-0.05, 0) is 37.3 Å². The van der Waals surface area contributed by atoms with Crippen molar-refractivity contribution in [3.63, 3.8) is 0 Å². The molecule has 1 atom stereocenters. The Morgan fingerprint density at radius 2 is 2.20 bits per heavy atom. The Hall–Kier alpha value is -1.93. The summed E-state index contributed by atoms with van der Waals surface area (Å²) in [5, 5.41) is 3.53. The molecule has 1 amide bonds. The zero-order valence-corrected chi connectivity index (χ0v) is 15.1. The standard InChI is InChI=1S/C17H22FN3O3S/c1-11-13-6-3-7-14(18)16(13)20-15(11)17(22)19-9-12-5-4-8-21(10-12)25(2,23)24/h3,6-7,12,20H,4-5,8-10H2,1-2H3,(H,19,22). The monoisotopic (exact) mass is 367 g/mol. The average Bonchev–Trinajstić information content (AvgIpc) is 2.91. The van der Waals surface area contributed by atoms with Gasteiger partial charge in [0.2, 0.25) is 10.0 Å². The van der Waals surface area contributed by atoms with Crippen molar-refractivity contribution < 1.29 is 17.6 Å². The van der Waals surface area contributed by atoms with Crippen LogP contribution >= 0.6 is 0 Å². The molecule has 6 nitrogen and oxygen atoms in total. The molecule has 1 aromatic carbocycles. The third-order valence-corrected chi connectivity index (χ3v) is 6.04. The van der Waals surface area contributed by atoms with E-state index in [0.717, 1.165) is 12.8 Å². The van der Waals surface area contributed by atoms with Gasteiger partial charge >= 0.3 is 0 Å². The molecule has 1 unspecified atom stereocenters. The minimum Gasteiger partial charge on any atom is -0.350 e. The number of benzene rings is 1. The summed E-state index contributed by atoms with van der Waals surface area (Å²) in [6.07, 6.45) is 2.85. The highest BCUT2D eigenvalue weighted by Gasteiger charge is 2.26. The van der Waals surface area contributed by atoms with E-state index in [2.05, 4.69) is 10.3 Å². The molecule has 0 aliphatic carbocycles. The molecular weight excluding hydrogens is 345 g/mol. The molecule has 1 fully saturated rings. The van der Waals surface area contributed by atoms with E-state index in [4.69, 9.17) is 0 Å². The van der Waals surface area contributed by atoms with Gasteiger partial charge in [-0.15, -0.1) is 0 Å². The Balaban J connectivity index is 1.69. The SMILES string of the molecule is Cc1c(C(=O)NCC2CCCN(S(C)(=O)=O)C2)[nH]c2c(F)cccc12. The number of nitrogens with zero attached hydrogens (tertiary/aromatic N) is 1. The van der Waals surface area contributed by atoms with Crippen molar-refractivity contribution in [1.29, 1.82) is 0 Å². The first kappa shape index (κ1) is 17.9. The Morgan fingerprint density at radius 3 is 2.88 bits per heavy atom. The summed E-state index contributed by atoms with van der Waals surface area (Å²) < 4.78 is 38.6. The molecule has 8 heteroatoms. The fourth-order valence-corrected chi connectivity index (χ4v) is 4.31. The second-order valence-electron chi connectivity index (χ2n) is 6.63. The van der Waals surface area contributed by atoms with E-state index in [1.807, 2.05) is 0 Å². The zero-order valence-electron chi connectivity index (χ0n) is 14.3. The van der Waals surface area contributed by atoms with Gasteiger partial charge in [0, 0.05) is 25.0 Å². The second-order valence-corrected chi connectivity index (χ2v) is 8.61. The number of fused-ring (bicyclic) bond motifs is 1. The number of piperidine rings is 1. The third kappa shape index (κ3) is 3.69. The molecule has 1 saturated heterocycles. The number of H-pyrrole nitrogens is 1. The van der Waals surface area contributed by atoms with Gasteiger partial charge in [-0.1, -0.05) is 12.1 Å². The summed E-state index contributed by atoms with van der Waals surface area (Å²) in [7, 11) is -3.21. The molecule has 1 aliphatic heterocycles. The molecule has 1 aliphatic rings. The first-order chi connectivity index (χ1) is 11.8. The number of hydrogen-bond donors (Lipinski definition) is 2. The smallest absolute Gasteiger partial charge is 0.268 e. The number of amides is 1. The van der Waals surface area contributed by atoms with E-state index in [1.165, 1.54) is 16.6 Å². The van der Waals surface area contributed by atoms with Crippen LogP contribution in [0.5, 0.6) is 0 Å². The number of rotatable bonds is 4. The van der Waals surface area contributed by atoms with Gasteiger partial charge < -0.3 is 10.3 Å². The molecular formula is C17H22FN3O3S. The number of aromatic amines is 1. The van der Waals surface area contributed by atoms with Crippen LogP contribution < -0.4 is 5.32 Å². The first-order valence-electron chi connectivity index (χ1n) is 8.27. The van der Waals surface area contributed by atoms with Crippen LogP contribution in [0.25, 0.3) is 10.9 Å². The number of sulfonamides is 1. The quantitative estimate of drug-likeness (QED) is 0.867. The Labute approximate surface area is 146 Å². The molecule has 136 valence electrons. The molecule has 3 rings (SSSR count). The second kappa shape index (κ2) is 6.76. The van der Waals surface area contributed by atoms with E-state index >= 15 is 0 Å². The maximum atomic E-state index is 13.8. The molecule has 25 heavy (non-hydrogen) atoms. The highest BCUT2D eigenvalue weighted by molar-refractivity contribution is 7.88. The van der Waals surface area contributed by atoms with Crippen molar-refractivity contribution in [1.82, 2.24) is 14.6 Å². The minimum atomic E-state index is -3.21. The number of aryl methyl sites for hydroxylation is 1. The predicted octanol–water partition coefficient (Wildman–Crippen LogP) is 2.02. The van der Waals surface area contributed by atoms with Crippen LogP contribution in [-0.2, 0) is 10.0 Å². The van der Waals surface area contributed by atoms with E-state index in [0.29, 0.717) is 41.8 Å². The highest BCUT2D eigenvalue weighted by Crippen LogP contribution is 2.24. The maximum Gasteiger partial charge on any atom is 0.268 e. The number of carbonyl (C=O) groups is 1. The Bertz CT molecular complexity index is 907. The Morgan fingerprint density at radius 1 is 1.44 bits per heavy atom. The van der Waals surface area contributed by atoms with E-state index in [-0.39, 0.29) is 11.8 Å². The van der Waals surface area contributed by atoms with Crippen molar-refractivity contribution in [3.8, 4) is 0 Å². The van der Waals surface area contributed by atoms with Crippen molar-refractivity contribution in [2.45, 2.75) is 19.8 Å². The third-order valence-electron chi connectivity index (χ3n) is 4.77. The van der Waals surface area contributed by atoms with Crippen LogP contribution in [-0.4, -0.2) is 49.5 Å². The van der Waals surface area contributed by atoms with Crippen LogP contribution in [0.3, 0.4) is 0 Å². The van der Waals surface area contributed by atoms with Crippen LogP contribution in [0, 0.1) is 18.7 Å². The van der Waals surface area contributed by atoms with E-state index < -0.39 is 15.8 Å². The predicted molar refractivity (Wildman–Crippen MR) is 94.5 cm³/mol. The lowest BCUT2D eigenvalue weighted by Crippen LogP contribution is -2.43. The van der Waals surface area contributed by atoms with Gasteiger partial charge in [0.25, 0.3) is 5.91 Å². The van der Waals surface area contributed by atoms with Crippen molar-refractivity contribution in [3.05, 3.63) is 35.3 Å². The highest BCUT2D eigenvalue weighted by atomic mass is 32.2. The van der Waals surface area contributed by atoms with Gasteiger partial charge in [0.1, 0.15) is 11.5 Å². The summed E-state index contributed by atoms with van der Waals surface area (Å²) in [6.45, 7) is 3.12. The maximum absolute atomic E-state index is 13.8. The summed E-state index contributed by atoms with van der Waals surface area (Å²) in [5.74, 6) is -0.617. The van der Waals surface area contributed by atoms with E-state index in [9.17, 15) is 17.6 Å². The van der Waals surface area contributed by atoms with E-state index in [1.54, 1.807) is 19.1 Å². The number of aromatic nitrogens is 1. The van der Waals surface area contributed by atoms with Crippen molar-refractivity contribution in [2.24, 2.45) is 5.92 Å². The van der Waals surface area contributed by atoms with Gasteiger partial charge in [-0.25, -0.2) is 17.1 Å². The summed E-state index contributed by atoms with van der Waals surface area (Å²) in [4.78, 5) is 15.3. The molecule has 2 N–H and O–H groups in total. The summed E-state index contributed by atoms with van der Waals surface area (Å²) in [5.41, 5.74) is 1.37. The Kier molecular flexibility index (Phi) is 4.83. The number of nitrogens with one attached hydrogen (secondary N) is 2.